The third kappa shape index (κ3) is 5.92. The second kappa shape index (κ2) is 8.62. The molecule has 0 radical (unpaired) electrons. The van der Waals surface area contributed by atoms with Gasteiger partial charge in [-0.05, 0) is 47.5 Å². The highest BCUT2D eigenvalue weighted by Gasteiger charge is 2.30. The summed E-state index contributed by atoms with van der Waals surface area (Å²) in [4.78, 5) is 7.66. The summed E-state index contributed by atoms with van der Waals surface area (Å²) in [6.07, 6.45) is -0.219. The Bertz CT molecular complexity index is 1430. The van der Waals surface area contributed by atoms with E-state index in [9.17, 15) is 21.6 Å². The number of aromatic amines is 1. The van der Waals surface area contributed by atoms with Crippen LogP contribution in [0.4, 0.5) is 18.9 Å². The molecule has 0 unspecified atom stereocenters. The molecule has 0 aliphatic rings. The number of nitrogens with zero attached hydrogens (tertiary/aromatic N) is 1. The zero-order valence-corrected chi connectivity index (χ0v) is 18.0. The van der Waals surface area contributed by atoms with Crippen LogP contribution < -0.4 is 9.46 Å². The van der Waals surface area contributed by atoms with E-state index in [0.717, 1.165) is 22.9 Å². The molecule has 0 saturated carbocycles. The fourth-order valence-electron chi connectivity index (χ4n) is 3.26. The molecule has 1 aromatic heterocycles. The first-order valence-electron chi connectivity index (χ1n) is 9.67. The minimum atomic E-state index is -4.73. The lowest BCUT2D eigenvalue weighted by Gasteiger charge is -2.10. The molecule has 2 N–H and O–H groups in total. The van der Waals surface area contributed by atoms with Gasteiger partial charge in [-0.25, -0.2) is 13.4 Å². The van der Waals surface area contributed by atoms with Gasteiger partial charge in [0.1, 0.15) is 11.6 Å². The number of fused-ring (bicyclic) bond motifs is 1. The fraction of sp³-hybridized carbons (Fsp3) is 0.0870. The van der Waals surface area contributed by atoms with E-state index in [0.29, 0.717) is 22.6 Å². The Morgan fingerprint density at radius 3 is 2.42 bits per heavy atom. The van der Waals surface area contributed by atoms with Crippen LogP contribution >= 0.6 is 0 Å². The lowest BCUT2D eigenvalue weighted by atomic mass is 10.0. The van der Waals surface area contributed by atoms with Crippen molar-refractivity contribution in [3.8, 4) is 16.9 Å². The first-order chi connectivity index (χ1) is 15.6. The maximum absolute atomic E-state index is 12.3. The van der Waals surface area contributed by atoms with Crippen LogP contribution in [0.3, 0.4) is 0 Å². The number of hydrogen-bond acceptors (Lipinski definition) is 4. The van der Waals surface area contributed by atoms with Crippen molar-refractivity contribution in [2.45, 2.75) is 6.36 Å². The van der Waals surface area contributed by atoms with Crippen molar-refractivity contribution in [2.24, 2.45) is 0 Å². The van der Waals surface area contributed by atoms with Crippen LogP contribution in [0.1, 0.15) is 11.4 Å². The molecule has 0 aliphatic heterocycles. The van der Waals surface area contributed by atoms with Gasteiger partial charge in [0.25, 0.3) is 0 Å². The molecular weight excluding hydrogens is 455 g/mol. The molecule has 1 heterocycles. The molecule has 0 saturated heterocycles. The van der Waals surface area contributed by atoms with E-state index in [-0.39, 0.29) is 5.75 Å². The van der Waals surface area contributed by atoms with Gasteiger partial charge in [0.2, 0.25) is 10.0 Å². The van der Waals surface area contributed by atoms with Crippen molar-refractivity contribution in [3.05, 3.63) is 78.1 Å². The largest absolute Gasteiger partial charge is 0.573 e. The average molecular weight is 473 g/mol. The van der Waals surface area contributed by atoms with Gasteiger partial charge in [0.15, 0.2) is 0 Å². The number of hydrogen-bond donors (Lipinski definition) is 2. The van der Waals surface area contributed by atoms with Gasteiger partial charge in [-0.2, -0.15) is 0 Å². The summed E-state index contributed by atoms with van der Waals surface area (Å²) in [5.74, 6) is 0.266. The topological polar surface area (TPSA) is 84.1 Å². The number of sulfonamides is 1. The molecule has 170 valence electrons. The first-order valence-corrected chi connectivity index (χ1v) is 11.6. The van der Waals surface area contributed by atoms with Gasteiger partial charge in [-0.1, -0.05) is 42.5 Å². The summed E-state index contributed by atoms with van der Waals surface area (Å²) >= 11 is 0. The second-order valence-electron chi connectivity index (χ2n) is 7.22. The van der Waals surface area contributed by atoms with E-state index >= 15 is 0 Å². The molecule has 0 aliphatic carbocycles. The zero-order valence-electron chi connectivity index (χ0n) is 17.2. The molecule has 6 nitrogen and oxygen atoms in total. The Hall–Kier alpha value is -3.79. The zero-order chi connectivity index (χ0) is 23.6. The predicted molar refractivity (Wildman–Crippen MR) is 122 cm³/mol. The number of anilines is 1. The Morgan fingerprint density at radius 2 is 1.73 bits per heavy atom. The van der Waals surface area contributed by atoms with Crippen molar-refractivity contribution in [1.29, 1.82) is 0 Å². The molecule has 3 aromatic carbocycles. The van der Waals surface area contributed by atoms with Gasteiger partial charge in [-0.3, -0.25) is 4.72 Å². The molecular formula is C23H18F3N3O3S. The quantitative estimate of drug-likeness (QED) is 0.378. The highest BCUT2D eigenvalue weighted by Crippen LogP contribution is 2.30. The Morgan fingerprint density at radius 1 is 1.00 bits per heavy atom. The molecule has 33 heavy (non-hydrogen) atoms. The van der Waals surface area contributed by atoms with Crippen LogP contribution in [0.25, 0.3) is 34.3 Å². The van der Waals surface area contributed by atoms with E-state index in [1.165, 1.54) is 24.3 Å². The van der Waals surface area contributed by atoms with Crippen LogP contribution in [0.2, 0.25) is 0 Å². The Balaban J connectivity index is 1.57. The molecule has 0 atom stereocenters. The number of halogens is 3. The third-order valence-electron chi connectivity index (χ3n) is 4.58. The fourth-order valence-corrected chi connectivity index (χ4v) is 3.83. The monoisotopic (exact) mass is 473 g/mol. The number of aromatic nitrogens is 2. The minimum absolute atomic E-state index is 0.290. The molecule has 0 fully saturated rings. The third-order valence-corrected chi connectivity index (χ3v) is 5.17. The first kappa shape index (κ1) is 22.4. The number of alkyl halides is 3. The number of nitrogens with one attached hydrogen (secondary N) is 2. The minimum Gasteiger partial charge on any atom is -0.406 e. The van der Waals surface area contributed by atoms with Crippen LogP contribution in [0.15, 0.2) is 66.7 Å². The standard InChI is InChI=1S/C23H18F3N3O3S/c1-33(30,31)29-19-5-3-2-4-18(19)16-9-12-20-21(14-16)28-22(27-20)13-8-15-6-10-17(11-7-15)32-23(24,25)26/h2-14,29H,1H3,(H,27,28). The van der Waals surface area contributed by atoms with Gasteiger partial charge in [0.05, 0.1) is 23.0 Å². The lowest BCUT2D eigenvalue weighted by molar-refractivity contribution is -0.274. The number of rotatable bonds is 6. The molecule has 10 heteroatoms. The lowest BCUT2D eigenvalue weighted by Crippen LogP contribution is -2.16. The van der Waals surface area contributed by atoms with Crippen LogP contribution in [0, 0.1) is 0 Å². The highest BCUT2D eigenvalue weighted by molar-refractivity contribution is 7.92. The van der Waals surface area contributed by atoms with E-state index in [1.54, 1.807) is 24.3 Å². The van der Waals surface area contributed by atoms with Gasteiger partial charge < -0.3 is 9.72 Å². The number of H-pyrrole nitrogens is 1. The van der Waals surface area contributed by atoms with Gasteiger partial charge in [0, 0.05) is 5.56 Å². The molecule has 0 amide bonds. The number of ether oxygens (including phenoxy) is 1. The molecule has 4 rings (SSSR count). The smallest absolute Gasteiger partial charge is 0.406 e. The van der Waals surface area contributed by atoms with Crippen LogP contribution in [-0.4, -0.2) is 31.0 Å². The van der Waals surface area contributed by atoms with Crippen molar-refractivity contribution >= 4 is 38.9 Å². The Labute approximate surface area is 187 Å². The van der Waals surface area contributed by atoms with Crippen LogP contribution in [0.5, 0.6) is 5.75 Å². The normalized spacial score (nSPS) is 12.4. The van der Waals surface area contributed by atoms with Crippen molar-refractivity contribution in [1.82, 2.24) is 9.97 Å². The number of imidazole rings is 1. The summed E-state index contributed by atoms with van der Waals surface area (Å²) in [6.45, 7) is 0. The van der Waals surface area contributed by atoms with E-state index in [4.69, 9.17) is 0 Å². The molecule has 4 aromatic rings. The Kier molecular flexibility index (Phi) is 5.86. The van der Waals surface area contributed by atoms with Crippen LogP contribution in [-0.2, 0) is 10.0 Å². The summed E-state index contributed by atoms with van der Waals surface area (Å²) < 4.78 is 66.5. The predicted octanol–water partition coefficient (Wildman–Crippen LogP) is 5.67. The number of benzene rings is 3. The molecule has 0 bridgehead atoms. The number of para-hydroxylation sites is 1. The van der Waals surface area contributed by atoms with E-state index < -0.39 is 16.4 Å². The summed E-state index contributed by atoms with van der Waals surface area (Å²) in [5.41, 5.74) is 4.12. The summed E-state index contributed by atoms with van der Waals surface area (Å²) in [5, 5.41) is 0. The summed E-state index contributed by atoms with van der Waals surface area (Å²) in [6, 6.07) is 18.1. The van der Waals surface area contributed by atoms with Gasteiger partial charge >= 0.3 is 6.36 Å². The maximum atomic E-state index is 12.3. The van der Waals surface area contributed by atoms with Crippen molar-refractivity contribution in [2.75, 3.05) is 11.0 Å². The van der Waals surface area contributed by atoms with Crippen molar-refractivity contribution < 1.29 is 26.3 Å². The summed E-state index contributed by atoms with van der Waals surface area (Å²) in [7, 11) is -3.43. The SMILES string of the molecule is CS(=O)(=O)Nc1ccccc1-c1ccc2nc(C=Cc3ccc(OC(F)(F)F)cc3)[nH]c2c1. The molecule has 0 spiro atoms. The second-order valence-corrected chi connectivity index (χ2v) is 8.97. The maximum Gasteiger partial charge on any atom is 0.573 e. The highest BCUT2D eigenvalue weighted by atomic mass is 32.2. The van der Waals surface area contributed by atoms with Crippen molar-refractivity contribution in [3.63, 3.8) is 0 Å². The van der Waals surface area contributed by atoms with Gasteiger partial charge in [-0.15, -0.1) is 13.2 Å². The van der Waals surface area contributed by atoms with E-state index in [1.807, 2.05) is 30.3 Å². The van der Waals surface area contributed by atoms with E-state index in [2.05, 4.69) is 19.4 Å². The average Bonchev–Trinajstić information content (AvgIpc) is 3.13.